The van der Waals surface area contributed by atoms with E-state index in [1.807, 2.05) is 31.2 Å². The van der Waals surface area contributed by atoms with Gasteiger partial charge in [-0.25, -0.2) is 0 Å². The van der Waals surface area contributed by atoms with Crippen LogP contribution in [0.3, 0.4) is 0 Å². The molecule has 0 aliphatic heterocycles. The number of halogens is 1. The van der Waals surface area contributed by atoms with E-state index in [2.05, 4.69) is 5.32 Å². The topological polar surface area (TPSA) is 55.1 Å². The molecule has 1 atom stereocenters. The molecule has 0 aliphatic rings. The van der Waals surface area contributed by atoms with Crippen LogP contribution in [-0.4, -0.2) is 11.7 Å². The number of anilines is 1. The molecule has 3 N–H and O–H groups in total. The average molecular weight is 321 g/mol. The first-order chi connectivity index (χ1) is 10.0. The first-order valence-corrected chi connectivity index (χ1v) is 7.95. The zero-order valence-corrected chi connectivity index (χ0v) is 13.2. The first kappa shape index (κ1) is 15.9. The Kier molecular flexibility index (Phi) is 5.67. The van der Waals surface area contributed by atoms with Gasteiger partial charge in [-0.2, -0.15) is 0 Å². The Bertz CT molecular complexity index is 614. The summed E-state index contributed by atoms with van der Waals surface area (Å²) >= 11 is 7.29. The zero-order chi connectivity index (χ0) is 15.2. The summed E-state index contributed by atoms with van der Waals surface area (Å²) < 4.78 is 0. The lowest BCUT2D eigenvalue weighted by molar-refractivity contribution is -0.113. The van der Waals surface area contributed by atoms with Crippen LogP contribution in [0.2, 0.25) is 5.02 Å². The second kappa shape index (κ2) is 7.50. The Balaban J connectivity index is 1.89. The van der Waals surface area contributed by atoms with E-state index in [9.17, 15) is 4.79 Å². The van der Waals surface area contributed by atoms with Crippen molar-refractivity contribution in [2.45, 2.75) is 17.9 Å². The van der Waals surface area contributed by atoms with Crippen molar-refractivity contribution in [3.8, 4) is 0 Å². The quantitative estimate of drug-likeness (QED) is 0.816. The lowest BCUT2D eigenvalue weighted by Gasteiger charge is -2.08. The van der Waals surface area contributed by atoms with E-state index >= 15 is 0 Å². The van der Waals surface area contributed by atoms with Crippen LogP contribution >= 0.6 is 23.4 Å². The van der Waals surface area contributed by atoms with Gasteiger partial charge in [0.05, 0.1) is 5.75 Å². The van der Waals surface area contributed by atoms with Gasteiger partial charge in [0.2, 0.25) is 5.91 Å². The number of carbonyl (C=O) groups is 1. The summed E-state index contributed by atoms with van der Waals surface area (Å²) in [7, 11) is 0. The fraction of sp³-hybridized carbons (Fsp3) is 0.188. The highest BCUT2D eigenvalue weighted by molar-refractivity contribution is 8.00. The van der Waals surface area contributed by atoms with E-state index in [0.29, 0.717) is 10.8 Å². The molecule has 2 rings (SSSR count). The number of thioether (sulfide) groups is 1. The van der Waals surface area contributed by atoms with Crippen molar-refractivity contribution in [1.29, 1.82) is 0 Å². The Morgan fingerprint density at radius 2 is 2.00 bits per heavy atom. The Labute approximate surface area is 133 Å². The number of hydrogen-bond donors (Lipinski definition) is 2. The van der Waals surface area contributed by atoms with Crippen molar-refractivity contribution >= 4 is 35.0 Å². The molecule has 0 fully saturated rings. The summed E-state index contributed by atoms with van der Waals surface area (Å²) in [5.74, 6) is 0.305. The first-order valence-electron chi connectivity index (χ1n) is 6.58. The van der Waals surface area contributed by atoms with E-state index in [1.54, 1.807) is 24.3 Å². The summed E-state index contributed by atoms with van der Waals surface area (Å²) in [4.78, 5) is 12.9. The van der Waals surface area contributed by atoms with Gasteiger partial charge in [0, 0.05) is 21.6 Å². The van der Waals surface area contributed by atoms with Gasteiger partial charge in [-0.05, 0) is 48.9 Å². The number of amides is 1. The van der Waals surface area contributed by atoms with Crippen molar-refractivity contribution in [3.63, 3.8) is 0 Å². The van der Waals surface area contributed by atoms with E-state index < -0.39 is 0 Å². The van der Waals surface area contributed by atoms with E-state index in [4.69, 9.17) is 17.3 Å². The van der Waals surface area contributed by atoms with Crippen molar-refractivity contribution in [1.82, 2.24) is 0 Å². The predicted molar refractivity (Wildman–Crippen MR) is 89.9 cm³/mol. The monoisotopic (exact) mass is 320 g/mol. The second-order valence-electron chi connectivity index (χ2n) is 4.70. The van der Waals surface area contributed by atoms with Crippen LogP contribution in [-0.2, 0) is 4.79 Å². The number of nitrogens with two attached hydrogens (primary N) is 1. The molecular formula is C16H17ClN2OS. The van der Waals surface area contributed by atoms with E-state index in [-0.39, 0.29) is 11.9 Å². The number of hydrogen-bond acceptors (Lipinski definition) is 3. The highest BCUT2D eigenvalue weighted by atomic mass is 35.5. The number of benzene rings is 2. The van der Waals surface area contributed by atoms with Crippen LogP contribution < -0.4 is 11.1 Å². The molecule has 3 nitrogen and oxygen atoms in total. The third-order valence-corrected chi connectivity index (χ3v) is 4.13. The summed E-state index contributed by atoms with van der Waals surface area (Å²) in [6, 6.07) is 15.0. The molecular weight excluding hydrogens is 304 g/mol. The molecule has 0 bridgehead atoms. The smallest absolute Gasteiger partial charge is 0.234 e. The Morgan fingerprint density at radius 3 is 2.67 bits per heavy atom. The minimum absolute atomic E-state index is 0.00607. The van der Waals surface area contributed by atoms with Crippen molar-refractivity contribution in [2.75, 3.05) is 11.1 Å². The van der Waals surface area contributed by atoms with E-state index in [1.165, 1.54) is 11.8 Å². The van der Waals surface area contributed by atoms with Crippen molar-refractivity contribution in [2.24, 2.45) is 5.73 Å². The van der Waals surface area contributed by atoms with Gasteiger partial charge in [0.15, 0.2) is 0 Å². The van der Waals surface area contributed by atoms with Gasteiger partial charge in [0.25, 0.3) is 0 Å². The van der Waals surface area contributed by atoms with Crippen molar-refractivity contribution in [3.05, 3.63) is 59.1 Å². The fourth-order valence-electron chi connectivity index (χ4n) is 1.77. The molecule has 0 aromatic heterocycles. The lowest BCUT2D eigenvalue weighted by atomic mass is 10.1. The maximum absolute atomic E-state index is 11.9. The van der Waals surface area contributed by atoms with Gasteiger partial charge >= 0.3 is 0 Å². The largest absolute Gasteiger partial charge is 0.325 e. The third-order valence-electron chi connectivity index (χ3n) is 2.88. The zero-order valence-electron chi connectivity index (χ0n) is 11.7. The van der Waals surface area contributed by atoms with Crippen LogP contribution in [0.5, 0.6) is 0 Å². The molecule has 0 saturated carbocycles. The number of nitrogens with one attached hydrogen (secondary N) is 1. The minimum atomic E-state index is -0.0477. The van der Waals surface area contributed by atoms with Gasteiger partial charge < -0.3 is 11.1 Å². The molecule has 0 spiro atoms. The summed E-state index contributed by atoms with van der Waals surface area (Å²) in [6.07, 6.45) is 0. The second-order valence-corrected chi connectivity index (χ2v) is 6.19. The summed E-state index contributed by atoms with van der Waals surface area (Å²) in [5.41, 5.74) is 7.67. The number of rotatable bonds is 5. The molecule has 0 saturated heterocycles. The number of carbonyl (C=O) groups excluding carboxylic acids is 1. The molecule has 0 heterocycles. The summed E-state index contributed by atoms with van der Waals surface area (Å²) in [5, 5.41) is 3.48. The van der Waals surface area contributed by atoms with E-state index in [0.717, 1.165) is 16.1 Å². The van der Waals surface area contributed by atoms with Crippen LogP contribution in [0.15, 0.2) is 53.4 Å². The molecule has 1 unspecified atom stereocenters. The molecule has 2 aromatic carbocycles. The van der Waals surface area contributed by atoms with Gasteiger partial charge in [-0.3, -0.25) is 4.79 Å². The average Bonchev–Trinajstić information content (AvgIpc) is 2.48. The molecule has 21 heavy (non-hydrogen) atoms. The van der Waals surface area contributed by atoms with Crippen LogP contribution in [0.1, 0.15) is 18.5 Å². The van der Waals surface area contributed by atoms with Gasteiger partial charge in [-0.1, -0.05) is 23.7 Å². The molecule has 2 aromatic rings. The Hall–Kier alpha value is -1.49. The maximum atomic E-state index is 11.9. The van der Waals surface area contributed by atoms with Crippen LogP contribution in [0, 0.1) is 0 Å². The summed E-state index contributed by atoms with van der Waals surface area (Å²) in [6.45, 7) is 1.94. The van der Waals surface area contributed by atoms with Crippen molar-refractivity contribution < 1.29 is 4.79 Å². The molecule has 1 amide bonds. The molecule has 5 heteroatoms. The third kappa shape index (κ3) is 5.08. The normalized spacial score (nSPS) is 12.0. The minimum Gasteiger partial charge on any atom is -0.325 e. The lowest BCUT2D eigenvalue weighted by Crippen LogP contribution is -2.13. The predicted octanol–water partition coefficient (Wildman–Crippen LogP) is 4.09. The molecule has 0 radical (unpaired) electrons. The fourth-order valence-corrected chi connectivity index (χ4v) is 2.66. The molecule has 0 aliphatic carbocycles. The SMILES string of the molecule is CC(N)c1cccc(SCC(=O)Nc2ccc(Cl)cc2)c1. The maximum Gasteiger partial charge on any atom is 0.234 e. The van der Waals surface area contributed by atoms with Crippen LogP contribution in [0.4, 0.5) is 5.69 Å². The highest BCUT2D eigenvalue weighted by Crippen LogP contribution is 2.22. The van der Waals surface area contributed by atoms with Crippen LogP contribution in [0.25, 0.3) is 0 Å². The van der Waals surface area contributed by atoms with Gasteiger partial charge in [-0.15, -0.1) is 11.8 Å². The standard InChI is InChI=1S/C16H17ClN2OS/c1-11(18)12-3-2-4-15(9-12)21-10-16(20)19-14-7-5-13(17)6-8-14/h2-9,11H,10,18H2,1H3,(H,19,20). The molecule has 110 valence electrons. The highest BCUT2D eigenvalue weighted by Gasteiger charge is 2.05. The Morgan fingerprint density at radius 1 is 1.29 bits per heavy atom. The van der Waals surface area contributed by atoms with Gasteiger partial charge in [0.1, 0.15) is 0 Å².